The van der Waals surface area contributed by atoms with Gasteiger partial charge in [-0.15, -0.1) is 0 Å². The molecule has 0 bridgehead atoms. The normalized spacial score (nSPS) is 20.1. The smallest absolute Gasteiger partial charge is 0.419 e. The number of carbonyl (C=O) groups excluding carboxylic acids is 1. The first-order valence-electron chi connectivity index (χ1n) is 11.6. The average molecular weight is 465 g/mol. The van der Waals surface area contributed by atoms with E-state index in [0.717, 1.165) is 53.7 Å². The second kappa shape index (κ2) is 8.87. The molecular formula is C25H34F2N2O4. The summed E-state index contributed by atoms with van der Waals surface area (Å²) in [4.78, 5) is 15.1. The number of methoxy groups -OCH3 is 1. The summed E-state index contributed by atoms with van der Waals surface area (Å²) in [5.74, 6) is -1.76. The van der Waals surface area contributed by atoms with Crippen LogP contribution < -0.4 is 4.74 Å². The van der Waals surface area contributed by atoms with Crippen LogP contribution in [0.5, 0.6) is 5.75 Å². The Morgan fingerprint density at radius 3 is 2.42 bits per heavy atom. The molecule has 0 N–H and O–H groups in total. The predicted molar refractivity (Wildman–Crippen MR) is 122 cm³/mol. The summed E-state index contributed by atoms with van der Waals surface area (Å²) in [6.45, 7) is 9.82. The SMILES string of the molecule is COc1cc(C)c2c(ccn2C(=O)OC(C)(C)C)c1CN1CCC(OC2CC(F)(F)C2)CC1. The molecule has 33 heavy (non-hydrogen) atoms. The first-order valence-corrected chi connectivity index (χ1v) is 11.6. The van der Waals surface area contributed by atoms with Gasteiger partial charge in [-0.1, -0.05) is 0 Å². The van der Waals surface area contributed by atoms with Crippen LogP contribution in [-0.4, -0.2) is 59.5 Å². The number of carbonyl (C=O) groups is 1. The Morgan fingerprint density at radius 1 is 1.18 bits per heavy atom. The van der Waals surface area contributed by atoms with Crippen LogP contribution in [0.2, 0.25) is 0 Å². The maximum absolute atomic E-state index is 13.1. The van der Waals surface area contributed by atoms with Gasteiger partial charge in [0.25, 0.3) is 5.92 Å². The molecule has 0 atom stereocenters. The highest BCUT2D eigenvalue weighted by atomic mass is 19.3. The van der Waals surface area contributed by atoms with Crippen molar-refractivity contribution < 1.29 is 27.8 Å². The third-order valence-corrected chi connectivity index (χ3v) is 6.39. The standard InChI is InChI=1S/C25H34F2N2O4/c1-16-12-21(31-5)20(19-8-11-29(22(16)19)23(30)33-24(2,3)4)15-28-9-6-17(7-10-28)32-18-13-25(26,27)14-18/h8,11-12,17-18H,6-7,9-10,13-15H2,1-5H3. The molecule has 182 valence electrons. The molecule has 0 spiro atoms. The molecule has 2 fully saturated rings. The van der Waals surface area contributed by atoms with Crippen molar-refractivity contribution >= 4 is 17.0 Å². The zero-order valence-corrected chi connectivity index (χ0v) is 20.1. The minimum atomic E-state index is -2.55. The molecule has 2 heterocycles. The number of rotatable bonds is 5. The van der Waals surface area contributed by atoms with Crippen molar-refractivity contribution in [2.24, 2.45) is 0 Å². The van der Waals surface area contributed by atoms with Gasteiger partial charge >= 0.3 is 6.09 Å². The number of alkyl halides is 2. The largest absolute Gasteiger partial charge is 0.496 e. The second-order valence-corrected chi connectivity index (χ2v) is 10.3. The van der Waals surface area contributed by atoms with E-state index >= 15 is 0 Å². The fourth-order valence-electron chi connectivity index (χ4n) is 4.77. The monoisotopic (exact) mass is 464 g/mol. The predicted octanol–water partition coefficient (Wildman–Crippen LogP) is 5.52. The van der Waals surface area contributed by atoms with E-state index in [1.807, 2.05) is 39.8 Å². The van der Waals surface area contributed by atoms with Crippen LogP contribution >= 0.6 is 0 Å². The van der Waals surface area contributed by atoms with Gasteiger partial charge in [-0.2, -0.15) is 0 Å². The first-order chi connectivity index (χ1) is 15.5. The van der Waals surface area contributed by atoms with Crippen LogP contribution in [0, 0.1) is 6.92 Å². The maximum Gasteiger partial charge on any atom is 0.419 e. The molecule has 0 amide bonds. The summed E-state index contributed by atoms with van der Waals surface area (Å²) in [7, 11) is 1.66. The molecule has 1 aliphatic carbocycles. The number of piperidine rings is 1. The molecule has 6 nitrogen and oxygen atoms in total. The Labute approximate surface area is 193 Å². The van der Waals surface area contributed by atoms with Crippen LogP contribution in [-0.2, 0) is 16.0 Å². The number of hydrogen-bond donors (Lipinski definition) is 0. The molecular weight excluding hydrogens is 430 g/mol. The summed E-state index contributed by atoms with van der Waals surface area (Å²) in [5, 5.41) is 0.966. The van der Waals surface area contributed by atoms with E-state index in [4.69, 9.17) is 14.2 Å². The van der Waals surface area contributed by atoms with Crippen molar-refractivity contribution in [2.45, 2.75) is 83.7 Å². The quantitative estimate of drug-likeness (QED) is 0.583. The number of nitrogens with zero attached hydrogens (tertiary/aromatic N) is 2. The molecule has 4 rings (SSSR count). The molecule has 2 aliphatic rings. The maximum atomic E-state index is 13.1. The summed E-state index contributed by atoms with van der Waals surface area (Å²) in [5.41, 5.74) is 2.20. The van der Waals surface area contributed by atoms with Gasteiger partial charge in [0.15, 0.2) is 0 Å². The Balaban J connectivity index is 1.48. The van der Waals surface area contributed by atoms with Gasteiger partial charge in [-0.3, -0.25) is 9.47 Å². The number of ether oxygens (including phenoxy) is 3. The highest BCUT2D eigenvalue weighted by molar-refractivity contribution is 5.95. The number of aryl methyl sites for hydroxylation is 1. The molecule has 2 aromatic rings. The topological polar surface area (TPSA) is 52.9 Å². The summed E-state index contributed by atoms with van der Waals surface area (Å²) < 4.78 is 44.9. The summed E-state index contributed by atoms with van der Waals surface area (Å²) >= 11 is 0. The highest BCUT2D eigenvalue weighted by Crippen LogP contribution is 2.40. The van der Waals surface area contributed by atoms with Gasteiger partial charge in [0.1, 0.15) is 11.4 Å². The molecule has 1 saturated carbocycles. The fourth-order valence-corrected chi connectivity index (χ4v) is 4.77. The van der Waals surface area contributed by atoms with Crippen LogP contribution in [0.25, 0.3) is 10.9 Å². The van der Waals surface area contributed by atoms with E-state index < -0.39 is 17.6 Å². The lowest BCUT2D eigenvalue weighted by Gasteiger charge is -2.39. The molecule has 1 aromatic carbocycles. The van der Waals surface area contributed by atoms with Gasteiger partial charge in [-0.25, -0.2) is 13.6 Å². The number of aromatic nitrogens is 1. The van der Waals surface area contributed by atoms with E-state index in [9.17, 15) is 13.6 Å². The lowest BCUT2D eigenvalue weighted by Crippen LogP contribution is -2.45. The van der Waals surface area contributed by atoms with Gasteiger partial charge in [0.2, 0.25) is 0 Å². The Hall–Kier alpha value is -2.19. The van der Waals surface area contributed by atoms with Crippen molar-refractivity contribution in [1.82, 2.24) is 9.47 Å². The van der Waals surface area contributed by atoms with Crippen molar-refractivity contribution in [3.05, 3.63) is 29.5 Å². The molecule has 0 unspecified atom stereocenters. The summed E-state index contributed by atoms with van der Waals surface area (Å²) in [6, 6.07) is 3.90. The van der Waals surface area contributed by atoms with Crippen LogP contribution in [0.15, 0.2) is 18.3 Å². The molecule has 8 heteroatoms. The van der Waals surface area contributed by atoms with Crippen LogP contribution in [0.3, 0.4) is 0 Å². The molecule has 0 radical (unpaired) electrons. The molecule has 1 aromatic heterocycles. The van der Waals surface area contributed by atoms with E-state index in [1.54, 1.807) is 17.9 Å². The summed E-state index contributed by atoms with van der Waals surface area (Å²) in [6.07, 6.45) is 2.41. The van der Waals surface area contributed by atoms with Gasteiger partial charge in [0, 0.05) is 49.6 Å². The zero-order valence-electron chi connectivity index (χ0n) is 20.1. The number of hydrogen-bond acceptors (Lipinski definition) is 5. The highest BCUT2D eigenvalue weighted by Gasteiger charge is 2.47. The van der Waals surface area contributed by atoms with Crippen molar-refractivity contribution in [3.63, 3.8) is 0 Å². The van der Waals surface area contributed by atoms with Crippen LogP contribution in [0.1, 0.15) is 57.6 Å². The van der Waals surface area contributed by atoms with Gasteiger partial charge < -0.3 is 14.2 Å². The van der Waals surface area contributed by atoms with Gasteiger partial charge in [0.05, 0.1) is 24.8 Å². The third kappa shape index (κ3) is 5.32. The van der Waals surface area contributed by atoms with Crippen molar-refractivity contribution in [1.29, 1.82) is 0 Å². The lowest BCUT2D eigenvalue weighted by atomic mass is 9.90. The fraction of sp³-hybridized carbons (Fsp3) is 0.640. The number of likely N-dealkylation sites (tertiary alicyclic amines) is 1. The number of benzene rings is 1. The first kappa shape index (κ1) is 24.0. The lowest BCUT2D eigenvalue weighted by molar-refractivity contribution is -0.187. The van der Waals surface area contributed by atoms with E-state index in [2.05, 4.69) is 4.90 Å². The molecule has 1 aliphatic heterocycles. The minimum absolute atomic E-state index is 0.0375. The number of halogens is 2. The molecule has 1 saturated heterocycles. The van der Waals surface area contributed by atoms with Crippen molar-refractivity contribution in [3.8, 4) is 5.75 Å². The van der Waals surface area contributed by atoms with E-state index in [0.29, 0.717) is 6.54 Å². The zero-order chi connectivity index (χ0) is 24.0. The van der Waals surface area contributed by atoms with E-state index in [-0.39, 0.29) is 25.0 Å². The average Bonchev–Trinajstić information content (AvgIpc) is 3.14. The Morgan fingerprint density at radius 2 is 1.85 bits per heavy atom. The van der Waals surface area contributed by atoms with E-state index in [1.165, 1.54) is 0 Å². The third-order valence-electron chi connectivity index (χ3n) is 6.39. The van der Waals surface area contributed by atoms with Crippen LogP contribution in [0.4, 0.5) is 13.6 Å². The second-order valence-electron chi connectivity index (χ2n) is 10.3. The Bertz CT molecular complexity index is 1010. The number of fused-ring (bicyclic) bond motifs is 1. The minimum Gasteiger partial charge on any atom is -0.496 e. The van der Waals surface area contributed by atoms with Crippen molar-refractivity contribution in [2.75, 3.05) is 20.2 Å². The van der Waals surface area contributed by atoms with Gasteiger partial charge in [-0.05, 0) is 58.2 Å². The Kier molecular flexibility index (Phi) is 6.44.